The van der Waals surface area contributed by atoms with Gasteiger partial charge in [-0.1, -0.05) is 55.0 Å². The summed E-state index contributed by atoms with van der Waals surface area (Å²) in [6.07, 6.45) is 4.83. The second-order valence-electron chi connectivity index (χ2n) is 8.32. The van der Waals surface area contributed by atoms with Crippen LogP contribution in [0.2, 0.25) is 0 Å². The Bertz CT molecular complexity index is 1150. The Morgan fingerprint density at radius 3 is 2.39 bits per heavy atom. The van der Waals surface area contributed by atoms with Crippen LogP contribution in [0.25, 0.3) is 0 Å². The molecule has 1 saturated carbocycles. The van der Waals surface area contributed by atoms with E-state index >= 15 is 0 Å². The minimum Gasteiger partial charge on any atom is -0.395 e. The van der Waals surface area contributed by atoms with E-state index in [1.54, 1.807) is 31.2 Å². The fourth-order valence-electron chi connectivity index (χ4n) is 4.70. The molecule has 4 rings (SSSR count). The molecule has 2 aromatic carbocycles. The van der Waals surface area contributed by atoms with Gasteiger partial charge in [0, 0.05) is 17.4 Å². The third kappa shape index (κ3) is 4.00. The zero-order valence-corrected chi connectivity index (χ0v) is 18.3. The fraction of sp³-hybridized carbons (Fsp3) is 0.400. The molecule has 5 nitrogen and oxygen atoms in total. The lowest BCUT2D eigenvalue weighted by Crippen LogP contribution is -2.65. The van der Waals surface area contributed by atoms with E-state index in [1.807, 2.05) is 24.3 Å². The van der Waals surface area contributed by atoms with Crippen molar-refractivity contribution in [1.29, 1.82) is 5.26 Å². The predicted molar refractivity (Wildman–Crippen MR) is 118 cm³/mol. The van der Waals surface area contributed by atoms with Gasteiger partial charge in [-0.25, -0.2) is 8.42 Å². The predicted octanol–water partition coefficient (Wildman–Crippen LogP) is 3.58. The van der Waals surface area contributed by atoms with Crippen LogP contribution in [0.15, 0.2) is 53.4 Å². The normalized spacial score (nSPS) is 24.1. The monoisotopic (exact) mass is 434 g/mol. The van der Waals surface area contributed by atoms with Gasteiger partial charge in [0.1, 0.15) is 6.04 Å². The number of rotatable bonds is 4. The SMILES string of the molecule is Cc1ccccc1S(=O)(=O)N1[C@@H](C#N)[C@@H](c2ccc(C#CC3CCCC3)cc2)[C@@H]1CO. The first kappa shape index (κ1) is 21.6. The molecule has 1 aliphatic carbocycles. The van der Waals surface area contributed by atoms with Crippen molar-refractivity contribution in [2.75, 3.05) is 6.61 Å². The van der Waals surface area contributed by atoms with Crippen LogP contribution < -0.4 is 0 Å². The largest absolute Gasteiger partial charge is 0.395 e. The zero-order chi connectivity index (χ0) is 22.0. The van der Waals surface area contributed by atoms with Crippen LogP contribution in [0.1, 0.15) is 48.3 Å². The first-order chi connectivity index (χ1) is 15.0. The summed E-state index contributed by atoms with van der Waals surface area (Å²) in [6, 6.07) is 14.9. The quantitative estimate of drug-likeness (QED) is 0.746. The highest BCUT2D eigenvalue weighted by Gasteiger charge is 2.55. The highest BCUT2D eigenvalue weighted by Crippen LogP contribution is 2.44. The van der Waals surface area contributed by atoms with Crippen LogP contribution in [0.3, 0.4) is 0 Å². The number of hydrogen-bond acceptors (Lipinski definition) is 4. The third-order valence-corrected chi connectivity index (χ3v) is 8.46. The van der Waals surface area contributed by atoms with Crippen molar-refractivity contribution in [1.82, 2.24) is 4.31 Å². The molecule has 0 spiro atoms. The summed E-state index contributed by atoms with van der Waals surface area (Å²) in [4.78, 5) is 0.171. The molecule has 1 heterocycles. The summed E-state index contributed by atoms with van der Waals surface area (Å²) < 4.78 is 27.7. The molecule has 6 heteroatoms. The van der Waals surface area contributed by atoms with Crippen LogP contribution in [0.4, 0.5) is 0 Å². The van der Waals surface area contributed by atoms with E-state index in [0.717, 1.165) is 15.4 Å². The van der Waals surface area contributed by atoms with Gasteiger partial charge in [0.15, 0.2) is 0 Å². The van der Waals surface area contributed by atoms with Gasteiger partial charge in [-0.05, 0) is 49.1 Å². The van der Waals surface area contributed by atoms with E-state index < -0.39 is 22.1 Å². The highest BCUT2D eigenvalue weighted by molar-refractivity contribution is 7.89. The number of sulfonamides is 1. The average Bonchev–Trinajstić information content (AvgIpc) is 3.27. The molecule has 3 atom stereocenters. The van der Waals surface area contributed by atoms with Crippen LogP contribution >= 0.6 is 0 Å². The van der Waals surface area contributed by atoms with E-state index in [4.69, 9.17) is 0 Å². The smallest absolute Gasteiger partial charge is 0.244 e. The Hall–Kier alpha value is -2.64. The molecule has 160 valence electrons. The molecule has 1 aliphatic heterocycles. The molecule has 2 aliphatic rings. The zero-order valence-electron chi connectivity index (χ0n) is 17.5. The molecule has 0 bridgehead atoms. The molecule has 31 heavy (non-hydrogen) atoms. The Balaban J connectivity index is 1.58. The van der Waals surface area contributed by atoms with Crippen LogP contribution in [-0.2, 0) is 10.0 Å². The molecular formula is C25H26N2O3S. The Labute approximate surface area is 184 Å². The maximum atomic E-state index is 13.3. The van der Waals surface area contributed by atoms with Gasteiger partial charge < -0.3 is 5.11 Å². The van der Waals surface area contributed by atoms with E-state index in [0.29, 0.717) is 11.5 Å². The van der Waals surface area contributed by atoms with Crippen LogP contribution in [-0.4, -0.2) is 36.5 Å². The summed E-state index contributed by atoms with van der Waals surface area (Å²) in [7, 11) is -3.89. The van der Waals surface area contributed by atoms with Crippen LogP contribution in [0, 0.1) is 36.0 Å². The van der Waals surface area contributed by atoms with Gasteiger partial charge >= 0.3 is 0 Å². The van der Waals surface area contributed by atoms with Gasteiger partial charge in [-0.2, -0.15) is 9.57 Å². The number of hydrogen-bond donors (Lipinski definition) is 1. The van der Waals surface area contributed by atoms with Crippen molar-refractivity contribution in [3.05, 3.63) is 65.2 Å². The lowest BCUT2D eigenvalue weighted by atomic mass is 9.78. The molecule has 0 amide bonds. The topological polar surface area (TPSA) is 81.4 Å². The number of aliphatic hydroxyl groups excluding tert-OH is 1. The molecule has 2 fully saturated rings. The molecule has 0 aromatic heterocycles. The first-order valence-electron chi connectivity index (χ1n) is 10.7. The molecule has 0 radical (unpaired) electrons. The van der Waals surface area contributed by atoms with Crippen LogP contribution in [0.5, 0.6) is 0 Å². The van der Waals surface area contributed by atoms with Crippen molar-refractivity contribution in [2.45, 2.75) is 55.5 Å². The molecule has 2 aromatic rings. The minimum atomic E-state index is -3.89. The van der Waals surface area contributed by atoms with E-state index in [1.165, 1.54) is 25.7 Å². The van der Waals surface area contributed by atoms with Gasteiger partial charge in [0.25, 0.3) is 0 Å². The molecule has 0 unspecified atom stereocenters. The summed E-state index contributed by atoms with van der Waals surface area (Å²) in [5, 5.41) is 19.8. The van der Waals surface area contributed by atoms with Gasteiger partial charge in [-0.15, -0.1) is 0 Å². The first-order valence-corrected chi connectivity index (χ1v) is 12.1. The summed E-state index contributed by atoms with van der Waals surface area (Å²) in [6.45, 7) is 1.38. The Morgan fingerprint density at radius 2 is 1.77 bits per heavy atom. The number of nitrogens with zero attached hydrogens (tertiary/aromatic N) is 2. The number of nitriles is 1. The van der Waals surface area contributed by atoms with Crippen molar-refractivity contribution in [3.8, 4) is 17.9 Å². The summed E-state index contributed by atoms with van der Waals surface area (Å²) >= 11 is 0. The maximum Gasteiger partial charge on any atom is 0.244 e. The fourth-order valence-corrected chi connectivity index (χ4v) is 6.68. The van der Waals surface area contributed by atoms with E-state index in [2.05, 4.69) is 17.9 Å². The minimum absolute atomic E-state index is 0.171. The standard InChI is InChI=1S/C25H26N2O3S/c1-18-6-2-5-9-24(18)31(29,30)27-22(16-26)25(23(27)17-28)21-14-12-20(13-15-21)11-10-19-7-3-4-8-19/h2,5-6,9,12-15,19,22-23,25,28H,3-4,7-8,17H2,1H3/t22-,23-,25+/m0/s1. The lowest BCUT2D eigenvalue weighted by molar-refractivity contribution is 0.0556. The summed E-state index contributed by atoms with van der Waals surface area (Å²) in [5.74, 6) is 6.66. The number of aliphatic hydroxyl groups is 1. The number of benzene rings is 2. The van der Waals surface area contributed by atoms with E-state index in [9.17, 15) is 18.8 Å². The summed E-state index contributed by atoms with van der Waals surface area (Å²) in [5.41, 5.74) is 2.37. The molecule has 1 N–H and O–H groups in total. The Kier molecular flexibility index (Phi) is 6.16. The van der Waals surface area contributed by atoms with Gasteiger partial charge in [-0.3, -0.25) is 0 Å². The van der Waals surface area contributed by atoms with Crippen molar-refractivity contribution >= 4 is 10.0 Å². The number of aryl methyl sites for hydroxylation is 1. The van der Waals surface area contributed by atoms with Crippen molar-refractivity contribution in [3.63, 3.8) is 0 Å². The second-order valence-corrected chi connectivity index (χ2v) is 10.1. The van der Waals surface area contributed by atoms with Gasteiger partial charge in [0.2, 0.25) is 10.0 Å². The molecular weight excluding hydrogens is 408 g/mol. The van der Waals surface area contributed by atoms with Crippen molar-refractivity contribution in [2.24, 2.45) is 5.92 Å². The lowest BCUT2D eigenvalue weighted by Gasteiger charge is -2.50. The Morgan fingerprint density at radius 1 is 1.10 bits per heavy atom. The van der Waals surface area contributed by atoms with E-state index in [-0.39, 0.29) is 17.4 Å². The molecule has 1 saturated heterocycles. The average molecular weight is 435 g/mol. The van der Waals surface area contributed by atoms with Crippen molar-refractivity contribution < 1.29 is 13.5 Å². The maximum absolute atomic E-state index is 13.3. The highest BCUT2D eigenvalue weighted by atomic mass is 32.2. The third-order valence-electron chi connectivity index (χ3n) is 6.40. The van der Waals surface area contributed by atoms with Gasteiger partial charge in [0.05, 0.1) is 23.6 Å². The second kappa shape index (κ2) is 8.85.